The lowest BCUT2D eigenvalue weighted by atomic mass is 10.2. The average Bonchev–Trinajstić information content (AvgIpc) is 2.38. The molecule has 2 rings (SSSR count). The molecule has 102 valence electrons. The van der Waals surface area contributed by atoms with E-state index in [0.717, 1.165) is 23.3 Å². The van der Waals surface area contributed by atoms with Gasteiger partial charge in [-0.3, -0.25) is 5.43 Å². The summed E-state index contributed by atoms with van der Waals surface area (Å²) in [5.41, 5.74) is 5.74. The van der Waals surface area contributed by atoms with Gasteiger partial charge < -0.3 is 0 Å². The van der Waals surface area contributed by atoms with Gasteiger partial charge in [-0.2, -0.15) is 12.8 Å². The summed E-state index contributed by atoms with van der Waals surface area (Å²) in [6.07, 6.45) is 4.29. The second-order valence-corrected chi connectivity index (χ2v) is 6.44. The molecule has 0 amide bonds. The van der Waals surface area contributed by atoms with E-state index in [0.29, 0.717) is 0 Å². The lowest BCUT2D eigenvalue weighted by Crippen LogP contribution is -2.39. The van der Waals surface area contributed by atoms with Crippen LogP contribution in [0.5, 0.6) is 0 Å². The number of hydrogen-bond acceptors (Lipinski definition) is 3. The van der Waals surface area contributed by atoms with Crippen molar-refractivity contribution < 1.29 is 8.42 Å². The molecule has 5 heteroatoms. The summed E-state index contributed by atoms with van der Waals surface area (Å²) in [6, 6.07) is 6.84. The van der Waals surface area contributed by atoms with Crippen LogP contribution in [0.3, 0.4) is 0 Å². The van der Waals surface area contributed by atoms with Crippen LogP contribution in [0.15, 0.2) is 52.7 Å². The molecule has 0 spiro atoms. The van der Waals surface area contributed by atoms with Crippen molar-refractivity contribution in [2.75, 3.05) is 0 Å². The Labute approximate surface area is 114 Å². The first-order chi connectivity index (χ1) is 8.93. The first kappa shape index (κ1) is 13.7. The maximum atomic E-state index is 12.5. The summed E-state index contributed by atoms with van der Waals surface area (Å²) >= 11 is 0. The van der Waals surface area contributed by atoms with Crippen molar-refractivity contribution in [1.29, 1.82) is 0 Å². The van der Waals surface area contributed by atoms with E-state index in [-0.39, 0.29) is 4.90 Å². The van der Waals surface area contributed by atoms with Crippen molar-refractivity contribution >= 4 is 10.0 Å². The normalized spacial score (nSPS) is 15.6. The van der Waals surface area contributed by atoms with Gasteiger partial charge in [0.1, 0.15) is 0 Å². The highest BCUT2D eigenvalue weighted by atomic mass is 32.2. The Morgan fingerprint density at radius 1 is 1.16 bits per heavy atom. The maximum absolute atomic E-state index is 12.5. The van der Waals surface area contributed by atoms with Crippen LogP contribution in [0.2, 0.25) is 0 Å². The van der Waals surface area contributed by atoms with Gasteiger partial charge in [0.25, 0.3) is 10.0 Å². The molecule has 0 aliphatic carbocycles. The van der Waals surface area contributed by atoms with Gasteiger partial charge in [0, 0.05) is 11.9 Å². The Bertz CT molecular complexity index is 628. The molecule has 19 heavy (non-hydrogen) atoms. The lowest BCUT2D eigenvalue weighted by Gasteiger charge is -2.27. The third-order valence-electron chi connectivity index (χ3n) is 2.94. The van der Waals surface area contributed by atoms with Gasteiger partial charge in [-0.25, -0.2) is 0 Å². The fourth-order valence-corrected chi connectivity index (χ4v) is 3.09. The van der Waals surface area contributed by atoms with Crippen molar-refractivity contribution in [2.45, 2.75) is 32.1 Å². The van der Waals surface area contributed by atoms with Gasteiger partial charge in [0.15, 0.2) is 0 Å². The highest BCUT2D eigenvalue weighted by Crippen LogP contribution is 2.20. The summed E-state index contributed by atoms with van der Waals surface area (Å²) in [6.45, 7) is 5.79. The van der Waals surface area contributed by atoms with Crippen LogP contribution in [-0.2, 0) is 10.0 Å². The molecule has 1 aliphatic heterocycles. The van der Waals surface area contributed by atoms with Crippen LogP contribution in [0, 0.1) is 6.92 Å². The zero-order chi connectivity index (χ0) is 14.0. The van der Waals surface area contributed by atoms with Gasteiger partial charge in [-0.1, -0.05) is 24.6 Å². The van der Waals surface area contributed by atoms with Gasteiger partial charge in [0.2, 0.25) is 0 Å². The molecule has 0 unspecified atom stereocenters. The molecule has 0 aromatic heterocycles. The van der Waals surface area contributed by atoms with Gasteiger partial charge in [-0.05, 0) is 44.1 Å². The van der Waals surface area contributed by atoms with E-state index in [1.165, 1.54) is 4.41 Å². The minimum Gasteiger partial charge on any atom is -0.289 e. The van der Waals surface area contributed by atoms with E-state index in [1.807, 2.05) is 26.8 Å². The molecule has 4 nitrogen and oxygen atoms in total. The number of nitrogens with one attached hydrogen (secondary N) is 1. The van der Waals surface area contributed by atoms with Crippen LogP contribution in [-0.4, -0.2) is 12.8 Å². The summed E-state index contributed by atoms with van der Waals surface area (Å²) in [7, 11) is -3.55. The number of hydrogen-bond donors (Lipinski definition) is 1. The molecule has 1 aromatic carbocycles. The largest absolute Gasteiger partial charge is 0.289 e. The number of hydrazine groups is 1. The predicted molar refractivity (Wildman–Crippen MR) is 75.5 cm³/mol. The second kappa shape index (κ2) is 5.09. The molecule has 0 radical (unpaired) electrons. The number of benzene rings is 1. The van der Waals surface area contributed by atoms with E-state index in [2.05, 4.69) is 5.43 Å². The van der Waals surface area contributed by atoms with E-state index in [1.54, 1.807) is 30.5 Å². The van der Waals surface area contributed by atoms with Gasteiger partial charge in [-0.15, -0.1) is 0 Å². The van der Waals surface area contributed by atoms with Crippen molar-refractivity contribution in [1.82, 2.24) is 9.84 Å². The number of sulfonamides is 1. The molecule has 1 N–H and O–H groups in total. The number of rotatable bonds is 3. The maximum Gasteiger partial charge on any atom is 0.281 e. The topological polar surface area (TPSA) is 49.4 Å². The molecule has 1 heterocycles. The fourth-order valence-electron chi connectivity index (χ4n) is 1.84. The molecular formula is C14H18N2O2S. The van der Waals surface area contributed by atoms with Crippen LogP contribution in [0.4, 0.5) is 0 Å². The molecular weight excluding hydrogens is 260 g/mol. The molecule has 0 fully saturated rings. The number of aryl methyl sites for hydroxylation is 1. The summed E-state index contributed by atoms with van der Waals surface area (Å²) in [5.74, 6) is 0. The van der Waals surface area contributed by atoms with Crippen molar-refractivity contribution in [3.63, 3.8) is 0 Å². The quantitative estimate of drug-likeness (QED) is 0.925. The predicted octanol–water partition coefficient (Wildman–Crippen LogP) is 2.70. The fraction of sp³-hybridized carbons (Fsp3) is 0.286. The van der Waals surface area contributed by atoms with Crippen molar-refractivity contribution in [3.8, 4) is 0 Å². The zero-order valence-electron chi connectivity index (χ0n) is 11.3. The molecule has 1 aliphatic rings. The second-order valence-electron chi connectivity index (χ2n) is 4.62. The average molecular weight is 278 g/mol. The first-order valence-corrected chi connectivity index (χ1v) is 7.64. The standard InChI is InChI=1S/C14H18N2O2S/c1-4-13-9-12(3)10-16(15-13)19(17,18)14-7-5-11(2)6-8-14/h5-10,15H,4H2,1-3H3. The third kappa shape index (κ3) is 2.81. The molecule has 1 aromatic rings. The minimum absolute atomic E-state index is 0.284. The molecule has 0 atom stereocenters. The summed E-state index contributed by atoms with van der Waals surface area (Å²) < 4.78 is 26.2. The van der Waals surface area contributed by atoms with Crippen LogP contribution in [0.1, 0.15) is 25.8 Å². The van der Waals surface area contributed by atoms with E-state index >= 15 is 0 Å². The van der Waals surface area contributed by atoms with E-state index in [9.17, 15) is 8.42 Å². The summed E-state index contributed by atoms with van der Waals surface area (Å²) in [5, 5.41) is 0. The molecule has 0 bridgehead atoms. The Kier molecular flexibility index (Phi) is 3.66. The van der Waals surface area contributed by atoms with Gasteiger partial charge in [0.05, 0.1) is 4.90 Å². The lowest BCUT2D eigenvalue weighted by molar-refractivity contribution is 0.426. The molecule has 0 saturated heterocycles. The first-order valence-electron chi connectivity index (χ1n) is 6.20. The SMILES string of the molecule is CCC1=CC(C)=CN(S(=O)(=O)c2ccc(C)cc2)N1. The monoisotopic (exact) mass is 278 g/mol. The Morgan fingerprint density at radius 3 is 2.37 bits per heavy atom. The molecule has 0 saturated carbocycles. The smallest absolute Gasteiger partial charge is 0.281 e. The van der Waals surface area contributed by atoms with Crippen molar-refractivity contribution in [2.24, 2.45) is 0 Å². The van der Waals surface area contributed by atoms with Gasteiger partial charge >= 0.3 is 0 Å². The van der Waals surface area contributed by atoms with E-state index in [4.69, 9.17) is 0 Å². The van der Waals surface area contributed by atoms with E-state index < -0.39 is 10.0 Å². The minimum atomic E-state index is -3.55. The Hall–Kier alpha value is -1.75. The highest BCUT2D eigenvalue weighted by molar-refractivity contribution is 7.89. The third-order valence-corrected chi connectivity index (χ3v) is 4.52. The number of nitrogens with zero attached hydrogens (tertiary/aromatic N) is 1. The van der Waals surface area contributed by atoms with Crippen LogP contribution < -0.4 is 5.43 Å². The Balaban J connectivity index is 2.36. The van der Waals surface area contributed by atoms with Crippen molar-refractivity contribution in [3.05, 3.63) is 53.4 Å². The van der Waals surface area contributed by atoms with Crippen LogP contribution in [0.25, 0.3) is 0 Å². The summed E-state index contributed by atoms with van der Waals surface area (Å²) in [4.78, 5) is 0.284. The Morgan fingerprint density at radius 2 is 1.79 bits per heavy atom. The van der Waals surface area contributed by atoms with Crippen LogP contribution >= 0.6 is 0 Å². The number of allylic oxidation sites excluding steroid dienone is 3. The highest BCUT2D eigenvalue weighted by Gasteiger charge is 2.24. The zero-order valence-corrected chi connectivity index (χ0v) is 12.2.